The van der Waals surface area contributed by atoms with Gasteiger partial charge in [0, 0.05) is 25.7 Å². The Balaban J connectivity index is 2.38. The van der Waals surface area contributed by atoms with Crippen LogP contribution in [0.4, 0.5) is 0 Å². The van der Waals surface area contributed by atoms with E-state index in [1.54, 1.807) is 14.2 Å². The van der Waals surface area contributed by atoms with Crippen molar-refractivity contribution in [1.29, 1.82) is 0 Å². The van der Waals surface area contributed by atoms with Crippen LogP contribution in [0.25, 0.3) is 0 Å². The molecule has 0 aliphatic carbocycles. The summed E-state index contributed by atoms with van der Waals surface area (Å²) in [5.41, 5.74) is 1.12. The molecule has 0 saturated heterocycles. The largest absolute Gasteiger partial charge is 0.496 e. The molecule has 0 aromatic heterocycles. The number of methoxy groups -OCH3 is 1. The van der Waals surface area contributed by atoms with Gasteiger partial charge in [-0.3, -0.25) is 4.99 Å². The molecule has 112 valence electrons. The highest BCUT2D eigenvalue weighted by Gasteiger charge is 2.03. The van der Waals surface area contributed by atoms with E-state index < -0.39 is 0 Å². The van der Waals surface area contributed by atoms with Crippen molar-refractivity contribution in [3.05, 3.63) is 29.8 Å². The van der Waals surface area contributed by atoms with Crippen LogP contribution in [0.1, 0.15) is 12.0 Å². The number of hydrogen-bond acceptors (Lipinski definition) is 3. The third-order valence-corrected chi connectivity index (χ3v) is 2.94. The Labute approximate surface area is 122 Å². The number of nitrogens with zero attached hydrogens (tertiary/aromatic N) is 2. The summed E-state index contributed by atoms with van der Waals surface area (Å²) in [6.45, 7) is 2.66. The maximum absolute atomic E-state index is 5.33. The molecule has 0 heterocycles. The Hall–Kier alpha value is -1.75. The Bertz CT molecular complexity index is 418. The molecule has 0 radical (unpaired) electrons. The Morgan fingerprint density at radius 2 is 2.00 bits per heavy atom. The number of benzene rings is 1. The minimum absolute atomic E-state index is 0.692. The zero-order chi connectivity index (χ0) is 14.8. The second-order valence-corrected chi connectivity index (χ2v) is 4.82. The summed E-state index contributed by atoms with van der Waals surface area (Å²) in [7, 11) is 7.63. The van der Waals surface area contributed by atoms with Crippen LogP contribution in [0.5, 0.6) is 5.75 Å². The van der Waals surface area contributed by atoms with E-state index in [2.05, 4.69) is 34.6 Å². The molecular formula is C15H26N4O. The summed E-state index contributed by atoms with van der Waals surface area (Å²) in [5.74, 6) is 1.71. The van der Waals surface area contributed by atoms with Crippen LogP contribution in [-0.2, 0) is 6.54 Å². The topological polar surface area (TPSA) is 48.9 Å². The lowest BCUT2D eigenvalue weighted by Gasteiger charge is -2.14. The number of hydrogen-bond donors (Lipinski definition) is 2. The second kappa shape index (κ2) is 9.20. The maximum atomic E-state index is 5.33. The van der Waals surface area contributed by atoms with Gasteiger partial charge < -0.3 is 20.3 Å². The van der Waals surface area contributed by atoms with Gasteiger partial charge in [0.15, 0.2) is 5.96 Å². The monoisotopic (exact) mass is 278 g/mol. The van der Waals surface area contributed by atoms with Gasteiger partial charge in [-0.05, 0) is 33.1 Å². The molecule has 0 amide bonds. The number of nitrogens with one attached hydrogen (secondary N) is 2. The lowest BCUT2D eigenvalue weighted by atomic mass is 10.2. The fourth-order valence-electron chi connectivity index (χ4n) is 1.85. The second-order valence-electron chi connectivity index (χ2n) is 4.82. The normalized spacial score (nSPS) is 11.6. The Morgan fingerprint density at radius 1 is 1.25 bits per heavy atom. The summed E-state index contributed by atoms with van der Waals surface area (Å²) in [4.78, 5) is 6.39. The Morgan fingerprint density at radius 3 is 2.65 bits per heavy atom. The van der Waals surface area contributed by atoms with Gasteiger partial charge in [-0.1, -0.05) is 18.2 Å². The fourth-order valence-corrected chi connectivity index (χ4v) is 1.85. The lowest BCUT2D eigenvalue weighted by molar-refractivity contribution is 0.399. The van der Waals surface area contributed by atoms with Crippen LogP contribution in [0.3, 0.4) is 0 Å². The van der Waals surface area contributed by atoms with Crippen molar-refractivity contribution in [2.24, 2.45) is 4.99 Å². The average Bonchev–Trinajstić information content (AvgIpc) is 2.46. The maximum Gasteiger partial charge on any atom is 0.191 e. The molecule has 1 aromatic rings. The van der Waals surface area contributed by atoms with Crippen LogP contribution in [0, 0.1) is 0 Å². The summed E-state index contributed by atoms with van der Waals surface area (Å²) >= 11 is 0. The fraction of sp³-hybridized carbons (Fsp3) is 0.533. The SMILES string of the molecule is CN=C(NCCCN(C)C)NCc1ccccc1OC. The van der Waals surface area contributed by atoms with Gasteiger partial charge in [-0.2, -0.15) is 0 Å². The number of rotatable bonds is 7. The van der Waals surface area contributed by atoms with Crippen LogP contribution in [0.2, 0.25) is 0 Å². The van der Waals surface area contributed by atoms with Crippen molar-refractivity contribution in [3.8, 4) is 5.75 Å². The van der Waals surface area contributed by atoms with Gasteiger partial charge in [-0.15, -0.1) is 0 Å². The molecule has 5 heteroatoms. The molecule has 0 spiro atoms. The minimum atomic E-state index is 0.692. The molecule has 1 rings (SSSR count). The predicted molar refractivity (Wildman–Crippen MR) is 84.4 cm³/mol. The molecule has 5 nitrogen and oxygen atoms in total. The summed E-state index contributed by atoms with van der Waals surface area (Å²) < 4.78 is 5.33. The van der Waals surface area contributed by atoms with Crippen LogP contribution < -0.4 is 15.4 Å². The zero-order valence-corrected chi connectivity index (χ0v) is 12.9. The highest BCUT2D eigenvalue weighted by Crippen LogP contribution is 2.16. The van der Waals surface area contributed by atoms with E-state index in [-0.39, 0.29) is 0 Å². The molecule has 0 aliphatic heterocycles. The van der Waals surface area contributed by atoms with E-state index in [4.69, 9.17) is 4.74 Å². The molecule has 0 fully saturated rings. The molecule has 0 saturated carbocycles. The molecular weight excluding hydrogens is 252 g/mol. The van der Waals surface area contributed by atoms with Crippen molar-refractivity contribution in [2.45, 2.75) is 13.0 Å². The summed E-state index contributed by atoms with van der Waals surface area (Å²) in [5, 5.41) is 6.60. The number of para-hydroxylation sites is 1. The molecule has 0 aliphatic rings. The third kappa shape index (κ3) is 5.93. The zero-order valence-electron chi connectivity index (χ0n) is 12.9. The molecule has 1 aromatic carbocycles. The van der Waals surface area contributed by atoms with Gasteiger partial charge >= 0.3 is 0 Å². The van der Waals surface area contributed by atoms with Crippen molar-refractivity contribution in [2.75, 3.05) is 41.3 Å². The highest BCUT2D eigenvalue weighted by atomic mass is 16.5. The predicted octanol–water partition coefficient (Wildman–Crippen LogP) is 1.31. The lowest BCUT2D eigenvalue weighted by Crippen LogP contribution is -2.38. The van der Waals surface area contributed by atoms with E-state index in [1.165, 1.54) is 0 Å². The minimum Gasteiger partial charge on any atom is -0.496 e. The van der Waals surface area contributed by atoms with Gasteiger partial charge in [0.2, 0.25) is 0 Å². The molecule has 0 atom stereocenters. The van der Waals surface area contributed by atoms with E-state index in [1.807, 2.05) is 24.3 Å². The summed E-state index contributed by atoms with van der Waals surface area (Å²) in [6.07, 6.45) is 1.09. The van der Waals surface area contributed by atoms with Crippen molar-refractivity contribution in [3.63, 3.8) is 0 Å². The average molecular weight is 278 g/mol. The quantitative estimate of drug-likeness (QED) is 0.448. The molecule has 20 heavy (non-hydrogen) atoms. The smallest absolute Gasteiger partial charge is 0.191 e. The van der Waals surface area contributed by atoms with Crippen LogP contribution in [-0.4, -0.2) is 52.2 Å². The number of ether oxygens (including phenoxy) is 1. The Kier molecular flexibility index (Phi) is 7.50. The van der Waals surface area contributed by atoms with Crippen molar-refractivity contribution in [1.82, 2.24) is 15.5 Å². The number of guanidine groups is 1. The van der Waals surface area contributed by atoms with Crippen molar-refractivity contribution >= 4 is 5.96 Å². The first-order valence-electron chi connectivity index (χ1n) is 6.88. The van der Waals surface area contributed by atoms with E-state index >= 15 is 0 Å². The van der Waals surface area contributed by atoms with Gasteiger partial charge in [0.25, 0.3) is 0 Å². The highest BCUT2D eigenvalue weighted by molar-refractivity contribution is 5.79. The van der Waals surface area contributed by atoms with Gasteiger partial charge in [0.05, 0.1) is 7.11 Å². The van der Waals surface area contributed by atoms with Crippen LogP contribution >= 0.6 is 0 Å². The molecule has 2 N–H and O–H groups in total. The van der Waals surface area contributed by atoms with Gasteiger partial charge in [0.1, 0.15) is 5.75 Å². The summed E-state index contributed by atoms with van der Waals surface area (Å²) in [6, 6.07) is 7.99. The van der Waals surface area contributed by atoms with Crippen LogP contribution in [0.15, 0.2) is 29.3 Å². The van der Waals surface area contributed by atoms with E-state index in [0.29, 0.717) is 6.54 Å². The standard InChI is InChI=1S/C15H26N4O/c1-16-15(17-10-7-11-19(2)3)18-12-13-8-5-6-9-14(13)20-4/h5-6,8-9H,7,10-12H2,1-4H3,(H2,16,17,18). The molecule has 0 bridgehead atoms. The van der Waals surface area contributed by atoms with Crippen molar-refractivity contribution < 1.29 is 4.74 Å². The molecule has 0 unspecified atom stereocenters. The first kappa shape index (κ1) is 16.3. The van der Waals surface area contributed by atoms with E-state index in [9.17, 15) is 0 Å². The first-order valence-corrected chi connectivity index (χ1v) is 6.88. The third-order valence-electron chi connectivity index (χ3n) is 2.94. The van der Waals surface area contributed by atoms with E-state index in [0.717, 1.165) is 36.8 Å². The number of aliphatic imine (C=N–C) groups is 1. The van der Waals surface area contributed by atoms with Gasteiger partial charge in [-0.25, -0.2) is 0 Å². The first-order chi connectivity index (χ1) is 9.67.